The molecule has 0 aliphatic carbocycles. The van der Waals surface area contributed by atoms with Gasteiger partial charge in [-0.15, -0.1) is 0 Å². The predicted molar refractivity (Wildman–Crippen MR) is 132 cm³/mol. The van der Waals surface area contributed by atoms with Crippen LogP contribution in [0.5, 0.6) is 0 Å². The summed E-state index contributed by atoms with van der Waals surface area (Å²) >= 11 is 0. The van der Waals surface area contributed by atoms with E-state index in [0.717, 1.165) is 18.4 Å². The van der Waals surface area contributed by atoms with Crippen molar-refractivity contribution >= 4 is 23.5 Å². The lowest BCUT2D eigenvalue weighted by Gasteiger charge is -2.11. The number of anilines is 1. The van der Waals surface area contributed by atoms with Gasteiger partial charge in [0.25, 0.3) is 5.91 Å². The van der Waals surface area contributed by atoms with Crippen molar-refractivity contribution in [2.24, 2.45) is 0 Å². The van der Waals surface area contributed by atoms with Gasteiger partial charge in [0, 0.05) is 19.4 Å². The van der Waals surface area contributed by atoms with Crippen LogP contribution in [0.25, 0.3) is 0 Å². The number of nitrogens with one attached hydrogen (secondary N) is 2. The first-order valence-corrected chi connectivity index (χ1v) is 11.5. The lowest BCUT2D eigenvalue weighted by molar-refractivity contribution is -0.143. The molecule has 6 heteroatoms. The summed E-state index contributed by atoms with van der Waals surface area (Å²) in [5, 5.41) is 5.65. The van der Waals surface area contributed by atoms with Gasteiger partial charge in [-0.3, -0.25) is 14.4 Å². The molecule has 0 fully saturated rings. The van der Waals surface area contributed by atoms with Gasteiger partial charge in [-0.25, -0.2) is 0 Å². The molecule has 3 rings (SSSR count). The zero-order valence-electron chi connectivity index (χ0n) is 19.2. The summed E-state index contributed by atoms with van der Waals surface area (Å²) < 4.78 is 5.25. The molecule has 2 N–H and O–H groups in total. The maximum Gasteiger partial charge on any atom is 0.305 e. The smallest absolute Gasteiger partial charge is 0.305 e. The number of carbonyl (C=O) groups excluding carboxylic acids is 3. The Hall–Kier alpha value is -3.93. The lowest BCUT2D eigenvalue weighted by atomic mass is 10.1. The van der Waals surface area contributed by atoms with Crippen LogP contribution in [0.3, 0.4) is 0 Å². The molecule has 0 unspecified atom stereocenters. The fraction of sp³-hybridized carbons (Fsp3) is 0.250. The van der Waals surface area contributed by atoms with Crippen LogP contribution < -0.4 is 10.6 Å². The first kappa shape index (κ1) is 24.7. The standard InChI is InChI=1S/C28H30N2O4/c31-26(18-9-19-27(32)34-20-10-15-22-11-3-1-4-12-22)30-25-17-8-7-16-24(25)28(33)29-21-23-13-5-2-6-14-23/h1-8,11-14,16-17H,9-10,15,18-21H2,(H,29,33)(H,30,31). The minimum Gasteiger partial charge on any atom is -0.466 e. The summed E-state index contributed by atoms with van der Waals surface area (Å²) in [6.07, 6.45) is 2.34. The van der Waals surface area contributed by atoms with E-state index in [-0.39, 0.29) is 30.6 Å². The first-order chi connectivity index (χ1) is 16.6. The van der Waals surface area contributed by atoms with E-state index in [1.54, 1.807) is 24.3 Å². The predicted octanol–water partition coefficient (Wildman–Crippen LogP) is 4.90. The topological polar surface area (TPSA) is 84.5 Å². The van der Waals surface area contributed by atoms with Gasteiger partial charge in [0.1, 0.15) is 0 Å². The van der Waals surface area contributed by atoms with E-state index in [0.29, 0.717) is 30.8 Å². The minimum atomic E-state index is -0.304. The molecule has 2 amide bonds. The van der Waals surface area contributed by atoms with Gasteiger partial charge in [0.2, 0.25) is 5.91 Å². The first-order valence-electron chi connectivity index (χ1n) is 11.5. The van der Waals surface area contributed by atoms with Gasteiger partial charge in [-0.05, 0) is 42.5 Å². The quantitative estimate of drug-likeness (QED) is 0.299. The molecule has 0 heterocycles. The second-order valence-electron chi connectivity index (χ2n) is 7.93. The van der Waals surface area contributed by atoms with Gasteiger partial charge < -0.3 is 15.4 Å². The van der Waals surface area contributed by atoms with Crippen molar-refractivity contribution < 1.29 is 19.1 Å². The fourth-order valence-corrected chi connectivity index (χ4v) is 3.45. The number of hydrogen-bond acceptors (Lipinski definition) is 4. The van der Waals surface area contributed by atoms with Crippen molar-refractivity contribution in [1.29, 1.82) is 0 Å². The number of aryl methyl sites for hydroxylation is 1. The van der Waals surface area contributed by atoms with Crippen molar-refractivity contribution in [1.82, 2.24) is 5.32 Å². The van der Waals surface area contributed by atoms with E-state index in [4.69, 9.17) is 4.74 Å². The zero-order chi connectivity index (χ0) is 24.0. The number of esters is 1. The molecule has 0 atom stereocenters. The monoisotopic (exact) mass is 458 g/mol. The van der Waals surface area contributed by atoms with Gasteiger partial charge in [0.15, 0.2) is 0 Å². The van der Waals surface area contributed by atoms with Crippen LogP contribution in [0.2, 0.25) is 0 Å². The highest BCUT2D eigenvalue weighted by atomic mass is 16.5. The largest absolute Gasteiger partial charge is 0.466 e. The highest BCUT2D eigenvalue weighted by Crippen LogP contribution is 2.16. The fourth-order valence-electron chi connectivity index (χ4n) is 3.45. The Labute approximate surface area is 200 Å². The molecule has 0 saturated carbocycles. The van der Waals surface area contributed by atoms with Crippen molar-refractivity contribution in [3.8, 4) is 0 Å². The molecule has 176 valence electrons. The second kappa shape index (κ2) is 13.6. The number of para-hydroxylation sites is 1. The number of amides is 2. The second-order valence-corrected chi connectivity index (χ2v) is 7.93. The Morgan fingerprint density at radius 1 is 0.706 bits per heavy atom. The molecule has 0 aliphatic rings. The van der Waals surface area contributed by atoms with Crippen LogP contribution in [0.4, 0.5) is 5.69 Å². The van der Waals surface area contributed by atoms with E-state index in [2.05, 4.69) is 10.6 Å². The summed E-state index contributed by atoms with van der Waals surface area (Å²) in [7, 11) is 0. The average Bonchev–Trinajstić information content (AvgIpc) is 2.87. The molecule has 0 bridgehead atoms. The average molecular weight is 459 g/mol. The number of rotatable bonds is 12. The number of benzene rings is 3. The highest BCUT2D eigenvalue weighted by Gasteiger charge is 2.13. The number of hydrogen-bond donors (Lipinski definition) is 2. The molecule has 34 heavy (non-hydrogen) atoms. The molecule has 3 aromatic rings. The van der Waals surface area contributed by atoms with Crippen LogP contribution in [0, 0.1) is 0 Å². The Bertz CT molecular complexity index is 1070. The minimum absolute atomic E-state index is 0.166. The van der Waals surface area contributed by atoms with Crippen molar-refractivity contribution in [3.63, 3.8) is 0 Å². The van der Waals surface area contributed by atoms with E-state index >= 15 is 0 Å². The van der Waals surface area contributed by atoms with Crippen molar-refractivity contribution in [2.45, 2.75) is 38.6 Å². The number of carbonyl (C=O) groups is 3. The van der Waals surface area contributed by atoms with Gasteiger partial charge in [-0.2, -0.15) is 0 Å². The van der Waals surface area contributed by atoms with E-state index in [1.807, 2.05) is 60.7 Å². The molecule has 0 aromatic heterocycles. The van der Waals surface area contributed by atoms with Crippen LogP contribution in [0.1, 0.15) is 47.2 Å². The molecule has 0 spiro atoms. The summed E-state index contributed by atoms with van der Waals surface area (Å²) in [6.45, 7) is 0.765. The Kier molecular flexibility index (Phi) is 9.87. The van der Waals surface area contributed by atoms with E-state index in [9.17, 15) is 14.4 Å². The lowest BCUT2D eigenvalue weighted by Crippen LogP contribution is -2.24. The summed E-state index contributed by atoms with van der Waals surface area (Å²) in [4.78, 5) is 36.9. The Balaban J connectivity index is 1.36. The Morgan fingerprint density at radius 2 is 1.35 bits per heavy atom. The highest BCUT2D eigenvalue weighted by molar-refractivity contribution is 6.03. The molecule has 0 saturated heterocycles. The molecule has 6 nitrogen and oxygen atoms in total. The van der Waals surface area contributed by atoms with Crippen LogP contribution >= 0.6 is 0 Å². The maximum atomic E-state index is 12.6. The molecular weight excluding hydrogens is 428 g/mol. The molecule has 3 aromatic carbocycles. The van der Waals surface area contributed by atoms with Gasteiger partial charge in [-0.1, -0.05) is 72.8 Å². The molecule has 0 aliphatic heterocycles. The van der Waals surface area contributed by atoms with E-state index in [1.165, 1.54) is 5.56 Å². The van der Waals surface area contributed by atoms with Crippen LogP contribution in [-0.4, -0.2) is 24.4 Å². The summed E-state index contributed by atoms with van der Waals surface area (Å²) in [6, 6.07) is 26.5. The Morgan fingerprint density at radius 3 is 2.09 bits per heavy atom. The molecular formula is C28H30N2O4. The summed E-state index contributed by atoms with van der Waals surface area (Å²) in [5.41, 5.74) is 3.04. The SMILES string of the molecule is O=C(CCCC(=O)OCCCc1ccccc1)Nc1ccccc1C(=O)NCc1ccccc1. The van der Waals surface area contributed by atoms with Crippen molar-refractivity contribution in [2.75, 3.05) is 11.9 Å². The summed E-state index contributed by atoms with van der Waals surface area (Å²) in [5.74, 6) is -0.819. The normalized spacial score (nSPS) is 10.4. The van der Waals surface area contributed by atoms with Gasteiger partial charge >= 0.3 is 5.97 Å². The van der Waals surface area contributed by atoms with Gasteiger partial charge in [0.05, 0.1) is 17.9 Å². The maximum absolute atomic E-state index is 12.6. The van der Waals surface area contributed by atoms with E-state index < -0.39 is 0 Å². The third-order valence-electron chi connectivity index (χ3n) is 5.24. The van der Waals surface area contributed by atoms with Crippen LogP contribution in [0.15, 0.2) is 84.9 Å². The third-order valence-corrected chi connectivity index (χ3v) is 5.24. The number of ether oxygens (including phenoxy) is 1. The molecule has 0 radical (unpaired) electrons. The van der Waals surface area contributed by atoms with Crippen molar-refractivity contribution in [3.05, 3.63) is 102 Å². The zero-order valence-corrected chi connectivity index (χ0v) is 19.2. The van der Waals surface area contributed by atoms with Crippen LogP contribution in [-0.2, 0) is 27.3 Å². The third kappa shape index (κ3) is 8.54.